The number of methoxy groups -OCH3 is 1. The highest BCUT2D eigenvalue weighted by Gasteiger charge is 2.24. The largest absolute Gasteiger partial charge is 0.465 e. The van der Waals surface area contributed by atoms with Gasteiger partial charge in [-0.25, -0.2) is 4.79 Å². The third-order valence-electron chi connectivity index (χ3n) is 5.58. The first-order valence-electron chi connectivity index (χ1n) is 10.4. The van der Waals surface area contributed by atoms with Crippen LogP contribution in [0.3, 0.4) is 0 Å². The number of piperidine rings is 1. The summed E-state index contributed by atoms with van der Waals surface area (Å²) in [7, 11) is 1.37. The number of aromatic nitrogens is 3. The number of ether oxygens (including phenoxy) is 1. The number of carbonyl (C=O) groups excluding carboxylic acids is 1. The molecule has 7 nitrogen and oxygen atoms in total. The summed E-state index contributed by atoms with van der Waals surface area (Å²) < 4.78 is 10.3. The van der Waals surface area contributed by atoms with Crippen molar-refractivity contribution in [1.29, 1.82) is 0 Å². The van der Waals surface area contributed by atoms with Crippen molar-refractivity contribution in [3.05, 3.63) is 65.8 Å². The SMILES string of the molecule is COC(=O)c1ccc(-c2noc(CN3CCCC[C@@H]3CCc3ccccn3)n2)cc1. The van der Waals surface area contributed by atoms with Crippen LogP contribution in [0.5, 0.6) is 0 Å². The zero-order chi connectivity index (χ0) is 20.8. The first-order valence-corrected chi connectivity index (χ1v) is 10.4. The molecular weight excluding hydrogens is 380 g/mol. The van der Waals surface area contributed by atoms with Gasteiger partial charge in [0.1, 0.15) is 0 Å². The summed E-state index contributed by atoms with van der Waals surface area (Å²) in [4.78, 5) is 23.0. The Morgan fingerprint density at radius 3 is 2.83 bits per heavy atom. The van der Waals surface area contributed by atoms with Crippen LogP contribution in [0.25, 0.3) is 11.4 Å². The van der Waals surface area contributed by atoms with Crippen molar-refractivity contribution in [3.8, 4) is 11.4 Å². The molecule has 156 valence electrons. The first-order chi connectivity index (χ1) is 14.7. The molecule has 2 aromatic heterocycles. The Balaban J connectivity index is 1.39. The van der Waals surface area contributed by atoms with Gasteiger partial charge in [-0.2, -0.15) is 4.98 Å². The van der Waals surface area contributed by atoms with E-state index in [9.17, 15) is 4.79 Å². The second-order valence-corrected chi connectivity index (χ2v) is 7.56. The molecule has 1 aliphatic rings. The molecule has 1 atom stereocenters. The molecule has 0 saturated carbocycles. The van der Waals surface area contributed by atoms with Gasteiger partial charge < -0.3 is 9.26 Å². The minimum absolute atomic E-state index is 0.364. The van der Waals surface area contributed by atoms with E-state index in [1.807, 2.05) is 18.3 Å². The normalized spacial score (nSPS) is 17.0. The van der Waals surface area contributed by atoms with Crippen LogP contribution in [0.2, 0.25) is 0 Å². The standard InChI is InChI=1S/C23H26N4O3/c1-29-23(28)18-10-8-17(9-11-18)22-25-21(30-26-22)16-27-15-5-3-7-20(27)13-12-19-6-2-4-14-24-19/h2,4,6,8-11,14,20H,3,5,7,12-13,15-16H2,1H3/t20-/m1/s1. The van der Waals surface area contributed by atoms with Crippen molar-refractivity contribution in [2.45, 2.75) is 44.7 Å². The zero-order valence-electron chi connectivity index (χ0n) is 17.2. The summed E-state index contributed by atoms with van der Waals surface area (Å²) in [5, 5.41) is 4.13. The number of hydrogen-bond acceptors (Lipinski definition) is 7. The predicted molar refractivity (Wildman–Crippen MR) is 112 cm³/mol. The first kappa shape index (κ1) is 20.2. The third kappa shape index (κ3) is 4.91. The van der Waals surface area contributed by atoms with Crippen LogP contribution in [-0.4, -0.2) is 45.7 Å². The second-order valence-electron chi connectivity index (χ2n) is 7.56. The molecule has 0 radical (unpaired) electrons. The molecule has 4 rings (SSSR count). The minimum Gasteiger partial charge on any atom is -0.465 e. The molecule has 7 heteroatoms. The molecule has 1 aromatic carbocycles. The third-order valence-corrected chi connectivity index (χ3v) is 5.58. The van der Waals surface area contributed by atoms with Gasteiger partial charge in [0, 0.05) is 23.5 Å². The van der Waals surface area contributed by atoms with E-state index in [4.69, 9.17) is 9.26 Å². The second kappa shape index (κ2) is 9.63. The van der Waals surface area contributed by atoms with Crippen LogP contribution in [0, 0.1) is 0 Å². The summed E-state index contributed by atoms with van der Waals surface area (Å²) in [5.74, 6) is 0.785. The van der Waals surface area contributed by atoms with Gasteiger partial charge in [-0.1, -0.05) is 29.8 Å². The van der Waals surface area contributed by atoms with Crippen molar-refractivity contribution >= 4 is 5.97 Å². The molecule has 0 aliphatic carbocycles. The molecular formula is C23H26N4O3. The highest BCUT2D eigenvalue weighted by Crippen LogP contribution is 2.24. The molecule has 0 unspecified atom stereocenters. The number of rotatable bonds is 7. The number of nitrogens with zero attached hydrogens (tertiary/aromatic N) is 4. The van der Waals surface area contributed by atoms with E-state index in [0.717, 1.165) is 30.6 Å². The number of hydrogen-bond donors (Lipinski definition) is 0. The van der Waals surface area contributed by atoms with E-state index in [-0.39, 0.29) is 5.97 Å². The monoisotopic (exact) mass is 406 g/mol. The van der Waals surface area contributed by atoms with Gasteiger partial charge in [-0.15, -0.1) is 0 Å². The van der Waals surface area contributed by atoms with Crippen LogP contribution >= 0.6 is 0 Å². The Labute approximate surface area is 176 Å². The molecule has 3 heterocycles. The predicted octanol–water partition coefficient (Wildman–Crippen LogP) is 3.91. The molecule has 1 saturated heterocycles. The van der Waals surface area contributed by atoms with Crippen LogP contribution in [0.1, 0.15) is 47.6 Å². The van der Waals surface area contributed by atoms with Crippen molar-refractivity contribution < 1.29 is 14.1 Å². The van der Waals surface area contributed by atoms with Gasteiger partial charge in [0.25, 0.3) is 0 Å². The zero-order valence-corrected chi connectivity index (χ0v) is 17.2. The number of aryl methyl sites for hydroxylation is 1. The summed E-state index contributed by atoms with van der Waals surface area (Å²) in [6, 6.07) is 13.6. The molecule has 1 fully saturated rings. The lowest BCUT2D eigenvalue weighted by Crippen LogP contribution is -2.39. The van der Waals surface area contributed by atoms with E-state index in [1.165, 1.54) is 26.4 Å². The quantitative estimate of drug-likeness (QED) is 0.550. The Bertz CT molecular complexity index is 956. The lowest BCUT2D eigenvalue weighted by molar-refractivity contribution is 0.0600. The average molecular weight is 406 g/mol. The van der Waals surface area contributed by atoms with Crippen LogP contribution in [0.4, 0.5) is 0 Å². The highest BCUT2D eigenvalue weighted by molar-refractivity contribution is 5.89. The topological polar surface area (TPSA) is 81.4 Å². The van der Waals surface area contributed by atoms with Gasteiger partial charge in [-0.3, -0.25) is 9.88 Å². The number of pyridine rings is 1. The number of likely N-dealkylation sites (tertiary alicyclic amines) is 1. The summed E-state index contributed by atoms with van der Waals surface area (Å²) in [5.41, 5.74) is 2.44. The average Bonchev–Trinajstić information content (AvgIpc) is 3.27. The smallest absolute Gasteiger partial charge is 0.337 e. The molecule has 0 bridgehead atoms. The van der Waals surface area contributed by atoms with Gasteiger partial charge in [0.15, 0.2) is 0 Å². The number of carbonyl (C=O) groups is 1. The Kier molecular flexibility index (Phi) is 6.49. The fourth-order valence-electron chi connectivity index (χ4n) is 3.94. The van der Waals surface area contributed by atoms with Crippen molar-refractivity contribution in [2.24, 2.45) is 0 Å². The molecule has 3 aromatic rings. The van der Waals surface area contributed by atoms with Crippen LogP contribution < -0.4 is 0 Å². The summed E-state index contributed by atoms with van der Waals surface area (Å²) in [6.45, 7) is 1.69. The summed E-state index contributed by atoms with van der Waals surface area (Å²) >= 11 is 0. The molecule has 30 heavy (non-hydrogen) atoms. The van der Waals surface area contributed by atoms with Crippen molar-refractivity contribution in [3.63, 3.8) is 0 Å². The summed E-state index contributed by atoms with van der Waals surface area (Å²) in [6.07, 6.45) is 7.53. The van der Waals surface area contributed by atoms with Gasteiger partial charge in [0.2, 0.25) is 11.7 Å². The fraction of sp³-hybridized carbons (Fsp3) is 0.391. The Hall–Kier alpha value is -3.06. The van der Waals surface area contributed by atoms with E-state index >= 15 is 0 Å². The minimum atomic E-state index is -0.364. The van der Waals surface area contributed by atoms with E-state index in [1.54, 1.807) is 24.3 Å². The highest BCUT2D eigenvalue weighted by atomic mass is 16.5. The van der Waals surface area contributed by atoms with Crippen LogP contribution in [-0.2, 0) is 17.7 Å². The van der Waals surface area contributed by atoms with E-state index in [0.29, 0.717) is 29.9 Å². The maximum absolute atomic E-state index is 11.6. The molecule has 0 N–H and O–H groups in total. The Morgan fingerprint density at radius 1 is 1.20 bits per heavy atom. The number of benzene rings is 1. The van der Waals surface area contributed by atoms with Crippen molar-refractivity contribution in [1.82, 2.24) is 20.0 Å². The lowest BCUT2D eigenvalue weighted by Gasteiger charge is -2.34. The Morgan fingerprint density at radius 2 is 2.07 bits per heavy atom. The molecule has 1 aliphatic heterocycles. The van der Waals surface area contributed by atoms with Crippen LogP contribution in [0.15, 0.2) is 53.2 Å². The van der Waals surface area contributed by atoms with E-state index < -0.39 is 0 Å². The van der Waals surface area contributed by atoms with Crippen molar-refractivity contribution in [2.75, 3.05) is 13.7 Å². The van der Waals surface area contributed by atoms with Gasteiger partial charge >= 0.3 is 5.97 Å². The maximum Gasteiger partial charge on any atom is 0.337 e. The van der Waals surface area contributed by atoms with Gasteiger partial charge in [-0.05, 0) is 56.5 Å². The fourth-order valence-corrected chi connectivity index (χ4v) is 3.94. The van der Waals surface area contributed by atoms with E-state index in [2.05, 4.69) is 26.1 Å². The molecule has 0 amide bonds. The van der Waals surface area contributed by atoms with Gasteiger partial charge in [0.05, 0.1) is 19.2 Å². The maximum atomic E-state index is 11.6. The number of esters is 1. The lowest BCUT2D eigenvalue weighted by atomic mass is 9.97. The molecule has 0 spiro atoms.